The molecule has 0 aromatic carbocycles. The number of amides is 2. The minimum Gasteiger partial charge on any atom is -0.464 e. The Kier molecular flexibility index (Phi) is 8.84. The summed E-state index contributed by atoms with van der Waals surface area (Å²) in [5.74, 6) is -0.107. The second-order valence-corrected chi connectivity index (χ2v) is 17.6. The van der Waals surface area contributed by atoms with Crippen molar-refractivity contribution in [3.63, 3.8) is 0 Å². The number of pyridine rings is 1. The molecule has 0 radical (unpaired) electrons. The van der Waals surface area contributed by atoms with Crippen molar-refractivity contribution in [2.24, 2.45) is 29.1 Å². The quantitative estimate of drug-likeness (QED) is 0.239. The van der Waals surface area contributed by atoms with Crippen LogP contribution in [0.3, 0.4) is 0 Å². The standard InChI is InChI=1S/C38H46N6O5S2/c1-7-43-33(22-9-8-10-39-31(22)20(3)48-6)26-15-38(4,5)18-49-37(47)32-24-12-21(24)16-44(42-32)35(46)27(41-34(45)23-11-19(23)2)14-30-40-28(17-50-30)29-13-25(26)36(43)51-29/h8-10,13,17,19-21,23-24,27,32,42H,7,11-12,14-16,18H2,1-6H3,(H,41,45)/t19-,20-,21-,23-,24-,27-,32-/m0/s1. The first-order valence-corrected chi connectivity index (χ1v) is 19.8. The van der Waals surface area contributed by atoms with Gasteiger partial charge in [-0.2, -0.15) is 0 Å². The number of carbonyl (C=O) groups excluding carboxylic acids is 3. The van der Waals surface area contributed by atoms with E-state index >= 15 is 0 Å². The third-order valence-corrected chi connectivity index (χ3v) is 13.2. The van der Waals surface area contributed by atoms with E-state index in [1.165, 1.54) is 16.9 Å². The number of aryl methyl sites for hydroxylation is 1. The minimum absolute atomic E-state index is 0.0754. The van der Waals surface area contributed by atoms with Crippen LogP contribution in [0.2, 0.25) is 0 Å². The Morgan fingerprint density at radius 3 is 2.82 bits per heavy atom. The Hall–Kier alpha value is -3.65. The lowest BCUT2D eigenvalue weighted by molar-refractivity contribution is -0.156. The van der Waals surface area contributed by atoms with Gasteiger partial charge < -0.3 is 19.4 Å². The van der Waals surface area contributed by atoms with Gasteiger partial charge in [-0.3, -0.25) is 24.4 Å². The zero-order valence-electron chi connectivity index (χ0n) is 30.0. The number of nitrogens with one attached hydrogen (secondary N) is 2. The van der Waals surface area contributed by atoms with E-state index in [1.807, 2.05) is 19.2 Å². The highest BCUT2D eigenvalue weighted by Crippen LogP contribution is 2.47. The Morgan fingerprint density at radius 2 is 2.08 bits per heavy atom. The van der Waals surface area contributed by atoms with Crippen molar-refractivity contribution in [3.05, 3.63) is 46.0 Å². The second kappa shape index (κ2) is 13.1. The van der Waals surface area contributed by atoms with Gasteiger partial charge in [-0.05, 0) is 74.6 Å². The predicted molar refractivity (Wildman–Crippen MR) is 197 cm³/mol. The zero-order valence-corrected chi connectivity index (χ0v) is 31.7. The summed E-state index contributed by atoms with van der Waals surface area (Å²) in [6.45, 7) is 12.0. The van der Waals surface area contributed by atoms with Gasteiger partial charge in [-0.1, -0.05) is 20.8 Å². The van der Waals surface area contributed by atoms with Crippen LogP contribution in [0.4, 0.5) is 0 Å². The highest BCUT2D eigenvalue weighted by atomic mass is 32.1. The van der Waals surface area contributed by atoms with Crippen LogP contribution in [-0.2, 0) is 43.2 Å². The van der Waals surface area contributed by atoms with Crippen molar-refractivity contribution in [1.29, 1.82) is 0 Å². The first kappa shape index (κ1) is 34.4. The van der Waals surface area contributed by atoms with E-state index in [2.05, 4.69) is 60.5 Å². The number of carbonyl (C=O) groups is 3. The number of ether oxygens (including phenoxy) is 2. The Bertz CT molecular complexity index is 2020. The van der Waals surface area contributed by atoms with Crippen LogP contribution in [0, 0.1) is 29.1 Å². The van der Waals surface area contributed by atoms with E-state index < -0.39 is 17.5 Å². The monoisotopic (exact) mass is 730 g/mol. The van der Waals surface area contributed by atoms with Crippen LogP contribution in [0.1, 0.15) is 69.8 Å². The molecule has 2 aliphatic heterocycles. The number of esters is 1. The van der Waals surface area contributed by atoms with E-state index in [-0.39, 0.29) is 54.7 Å². The van der Waals surface area contributed by atoms with E-state index in [4.69, 9.17) is 19.4 Å². The maximum absolute atomic E-state index is 14.1. The molecule has 2 aliphatic carbocycles. The summed E-state index contributed by atoms with van der Waals surface area (Å²) in [5, 5.41) is 8.59. The fourth-order valence-electron chi connectivity index (χ4n) is 7.91. The molecule has 0 spiro atoms. The van der Waals surface area contributed by atoms with Crippen LogP contribution in [0.5, 0.6) is 0 Å². The van der Waals surface area contributed by atoms with Crippen molar-refractivity contribution < 1.29 is 23.9 Å². The third kappa shape index (κ3) is 6.40. The van der Waals surface area contributed by atoms with Crippen LogP contribution in [0.15, 0.2) is 29.8 Å². The average molecular weight is 731 g/mol. The van der Waals surface area contributed by atoms with Gasteiger partial charge in [-0.15, -0.1) is 22.7 Å². The number of fused-ring (bicyclic) bond motifs is 8. The van der Waals surface area contributed by atoms with E-state index in [9.17, 15) is 14.4 Å². The largest absolute Gasteiger partial charge is 0.464 e. The topological polar surface area (TPSA) is 128 Å². The summed E-state index contributed by atoms with van der Waals surface area (Å²) < 4.78 is 14.3. The summed E-state index contributed by atoms with van der Waals surface area (Å²) in [5.41, 5.74) is 7.87. The van der Waals surface area contributed by atoms with Gasteiger partial charge in [0.1, 0.15) is 16.9 Å². The Morgan fingerprint density at radius 1 is 1.27 bits per heavy atom. The number of hydrogen-bond acceptors (Lipinski definition) is 10. The summed E-state index contributed by atoms with van der Waals surface area (Å²) in [6.07, 6.45) is 4.22. The number of rotatable bonds is 6. The number of thiazole rings is 1. The molecule has 1 saturated heterocycles. The SMILES string of the molecule is CCn1c(-c2cccnc2[C@H](C)OC)c2c3cc(sc31)-c1csc(n1)C[C@H](NC(=O)[C@H]1C[C@@H]1C)C(=O)N1C[C@@H]3C[C@@H]3[C@H](N1)C(=O)OCC(C)(C)C2. The number of cyclic esters (lactones) is 1. The van der Waals surface area contributed by atoms with Crippen molar-refractivity contribution in [2.45, 2.75) is 85.0 Å². The molecule has 2 saturated carbocycles. The van der Waals surface area contributed by atoms with Gasteiger partial charge in [0.2, 0.25) is 5.91 Å². The lowest BCUT2D eigenvalue weighted by Crippen LogP contribution is -2.61. The lowest BCUT2D eigenvalue weighted by Gasteiger charge is -2.35. The predicted octanol–water partition coefficient (Wildman–Crippen LogP) is 5.78. The molecule has 51 heavy (non-hydrogen) atoms. The van der Waals surface area contributed by atoms with E-state index in [0.717, 1.165) is 62.1 Å². The molecular formula is C38H46N6O5S2. The second-order valence-electron chi connectivity index (χ2n) is 15.6. The van der Waals surface area contributed by atoms with Crippen molar-refractivity contribution in [1.82, 2.24) is 30.3 Å². The summed E-state index contributed by atoms with van der Waals surface area (Å²) in [4.78, 5) is 53.1. The van der Waals surface area contributed by atoms with E-state index in [0.29, 0.717) is 18.9 Å². The molecule has 2 amide bonds. The zero-order chi connectivity index (χ0) is 35.8. The molecule has 13 heteroatoms. The molecule has 6 heterocycles. The van der Waals surface area contributed by atoms with Crippen molar-refractivity contribution >= 4 is 50.7 Å². The van der Waals surface area contributed by atoms with Gasteiger partial charge in [0.05, 0.1) is 39.7 Å². The molecular weight excluding hydrogens is 685 g/mol. The normalized spacial score (nSPS) is 27.8. The fraction of sp³-hybridized carbons (Fsp3) is 0.553. The maximum Gasteiger partial charge on any atom is 0.325 e. The molecule has 7 atom stereocenters. The Labute approximate surface area is 306 Å². The van der Waals surface area contributed by atoms with Crippen molar-refractivity contribution in [2.75, 3.05) is 20.3 Å². The molecule has 4 aromatic rings. The smallest absolute Gasteiger partial charge is 0.325 e. The highest BCUT2D eigenvalue weighted by molar-refractivity contribution is 7.22. The van der Waals surface area contributed by atoms with Gasteiger partial charge in [0, 0.05) is 60.5 Å². The van der Waals surface area contributed by atoms with Crippen LogP contribution in [0.25, 0.3) is 32.0 Å². The van der Waals surface area contributed by atoms with Gasteiger partial charge >= 0.3 is 5.97 Å². The number of methoxy groups -OCH3 is 1. The van der Waals surface area contributed by atoms with Crippen LogP contribution < -0.4 is 10.7 Å². The first-order valence-electron chi connectivity index (χ1n) is 18.1. The molecule has 4 aliphatic rings. The maximum atomic E-state index is 14.1. The average Bonchev–Trinajstić information content (AvgIpc) is 3.91. The molecule has 0 unspecified atom stereocenters. The minimum atomic E-state index is -0.800. The van der Waals surface area contributed by atoms with Gasteiger partial charge in [0.15, 0.2) is 0 Å². The Balaban J connectivity index is 1.24. The van der Waals surface area contributed by atoms with Gasteiger partial charge in [-0.25, -0.2) is 10.4 Å². The molecule has 4 aromatic heterocycles. The first-order chi connectivity index (χ1) is 24.5. The number of aromatic nitrogens is 3. The van der Waals surface area contributed by atoms with Crippen LogP contribution in [-0.4, -0.2) is 69.7 Å². The molecule has 2 N–H and O–H groups in total. The summed E-state index contributed by atoms with van der Waals surface area (Å²) >= 11 is 3.21. The van der Waals surface area contributed by atoms with Gasteiger partial charge in [0.25, 0.3) is 5.91 Å². The molecule has 11 nitrogen and oxygen atoms in total. The number of nitrogens with zero attached hydrogens (tertiary/aromatic N) is 4. The third-order valence-electron chi connectivity index (χ3n) is 11.1. The summed E-state index contributed by atoms with van der Waals surface area (Å²) in [7, 11) is 1.70. The number of thiophene rings is 1. The highest BCUT2D eigenvalue weighted by Gasteiger charge is 2.53. The molecule has 270 valence electrons. The van der Waals surface area contributed by atoms with Crippen LogP contribution >= 0.6 is 22.7 Å². The molecule has 3 fully saturated rings. The van der Waals surface area contributed by atoms with Crippen molar-refractivity contribution in [3.8, 4) is 21.8 Å². The molecule has 8 rings (SSSR count). The lowest BCUT2D eigenvalue weighted by atomic mass is 9.84. The summed E-state index contributed by atoms with van der Waals surface area (Å²) in [6, 6.07) is 4.91. The molecule has 6 bridgehead atoms. The van der Waals surface area contributed by atoms with E-state index in [1.54, 1.807) is 23.5 Å². The fourth-order valence-corrected chi connectivity index (χ4v) is 10.0. The number of hydrogen-bond donors (Lipinski definition) is 2. The number of hydrazine groups is 1.